The molecule has 7 aromatic carbocycles. The lowest BCUT2D eigenvalue weighted by Gasteiger charge is -2.35. The van der Waals surface area contributed by atoms with Gasteiger partial charge in [0.25, 0.3) is 0 Å². The van der Waals surface area contributed by atoms with E-state index in [-0.39, 0.29) is 21.7 Å². The van der Waals surface area contributed by atoms with E-state index in [2.05, 4.69) is 275 Å². The highest BCUT2D eigenvalue weighted by Crippen LogP contribution is 2.45. The Kier molecular flexibility index (Phi) is 12.1. The summed E-state index contributed by atoms with van der Waals surface area (Å²) in [7, 11) is 2.30. The molecule has 7 rings (SSSR count). The molecule has 0 saturated carbocycles. The topological polar surface area (TPSA) is 9.72 Å². The van der Waals surface area contributed by atoms with E-state index in [1.807, 2.05) is 0 Å². The Balaban J connectivity index is 1.57. The zero-order chi connectivity index (χ0) is 44.6. The molecule has 0 aliphatic carbocycles. The van der Waals surface area contributed by atoms with Crippen LogP contribution in [0.2, 0.25) is 0 Å². The first-order valence-electron chi connectivity index (χ1n) is 22.3. The van der Waals surface area contributed by atoms with Gasteiger partial charge in [-0.3, -0.25) is 0 Å². The Morgan fingerprint density at radius 3 is 0.726 bits per heavy atom. The van der Waals surface area contributed by atoms with Crippen LogP contribution < -0.4 is 20.2 Å². The summed E-state index contributed by atoms with van der Waals surface area (Å²) in [6, 6.07) is 63.0. The van der Waals surface area contributed by atoms with E-state index in [0.717, 1.165) is 56.6 Å². The van der Waals surface area contributed by atoms with E-state index in [1.54, 1.807) is 0 Å². The monoisotopic (exact) mass is 816 g/mol. The number of nitrogens with zero attached hydrogens (tertiary/aromatic N) is 3. The van der Waals surface area contributed by atoms with Crippen molar-refractivity contribution >= 4 is 64.5 Å². The standard InChI is InChI=1S/C58H66BN3/c1-55(2,3)41-23-31-47(32-24-41)61(48-33-25-42(26-34-48)56(4,5)6)52-39-51(60(45-19-15-13-16-20-45)46-21-17-14-18-22-46)40-53(54(52)59)62(49-35-27-43(28-36-49)57(7,8)9)50-37-29-44(30-38-50)58(10,11)12/h13-40H,59H2,1-12H3. The van der Waals surface area contributed by atoms with Crippen LogP contribution in [0.3, 0.4) is 0 Å². The lowest BCUT2D eigenvalue weighted by Crippen LogP contribution is -2.26. The number of rotatable bonds is 9. The van der Waals surface area contributed by atoms with Gasteiger partial charge in [0.05, 0.1) is 5.69 Å². The van der Waals surface area contributed by atoms with E-state index in [9.17, 15) is 0 Å². The highest BCUT2D eigenvalue weighted by atomic mass is 15.2. The number of anilines is 9. The van der Waals surface area contributed by atoms with Crippen LogP contribution in [0.5, 0.6) is 0 Å². The highest BCUT2D eigenvalue weighted by Gasteiger charge is 2.27. The van der Waals surface area contributed by atoms with Gasteiger partial charge in [0.15, 0.2) is 0 Å². The van der Waals surface area contributed by atoms with Crippen LogP contribution in [0.15, 0.2) is 170 Å². The van der Waals surface area contributed by atoms with Gasteiger partial charge in [-0.1, -0.05) is 168 Å². The highest BCUT2D eigenvalue weighted by molar-refractivity contribution is 6.40. The normalized spacial score (nSPS) is 12.3. The molecule has 0 N–H and O–H groups in total. The van der Waals surface area contributed by atoms with Crippen molar-refractivity contribution < 1.29 is 0 Å². The molecule has 316 valence electrons. The van der Waals surface area contributed by atoms with Gasteiger partial charge in [-0.15, -0.1) is 0 Å². The van der Waals surface area contributed by atoms with Gasteiger partial charge in [0.1, 0.15) is 7.85 Å². The molecule has 0 radical (unpaired) electrons. The van der Waals surface area contributed by atoms with Crippen molar-refractivity contribution in [2.45, 2.75) is 105 Å². The fraction of sp³-hybridized carbons (Fsp3) is 0.276. The van der Waals surface area contributed by atoms with Gasteiger partial charge in [0.2, 0.25) is 0 Å². The largest absolute Gasteiger partial charge is 0.311 e. The van der Waals surface area contributed by atoms with Crippen molar-refractivity contribution in [2.24, 2.45) is 0 Å². The average Bonchev–Trinajstić information content (AvgIpc) is 3.23. The minimum absolute atomic E-state index is 0.0260. The minimum atomic E-state index is 0.0260. The molecule has 0 unspecified atom stereocenters. The molecule has 62 heavy (non-hydrogen) atoms. The van der Waals surface area contributed by atoms with E-state index in [0.29, 0.717) is 0 Å². The maximum Gasteiger partial charge on any atom is 0.144 e. The van der Waals surface area contributed by atoms with Crippen LogP contribution in [0.4, 0.5) is 51.2 Å². The molecule has 0 bridgehead atoms. The van der Waals surface area contributed by atoms with Gasteiger partial charge >= 0.3 is 0 Å². The second-order valence-electron chi connectivity index (χ2n) is 21.0. The Morgan fingerprint density at radius 1 is 0.274 bits per heavy atom. The van der Waals surface area contributed by atoms with E-state index in [1.165, 1.54) is 22.3 Å². The molecule has 0 heterocycles. The molecule has 7 aromatic rings. The van der Waals surface area contributed by atoms with Gasteiger partial charge in [0, 0.05) is 45.5 Å². The number of hydrogen-bond acceptors (Lipinski definition) is 3. The van der Waals surface area contributed by atoms with Crippen LogP contribution in [0.25, 0.3) is 0 Å². The molecule has 0 amide bonds. The fourth-order valence-corrected chi connectivity index (χ4v) is 8.16. The predicted molar refractivity (Wildman–Crippen MR) is 273 cm³/mol. The molecule has 0 atom stereocenters. The van der Waals surface area contributed by atoms with E-state index < -0.39 is 0 Å². The summed E-state index contributed by atoms with van der Waals surface area (Å²) < 4.78 is 0. The summed E-state index contributed by atoms with van der Waals surface area (Å²) in [5.74, 6) is 0. The van der Waals surface area contributed by atoms with E-state index >= 15 is 0 Å². The van der Waals surface area contributed by atoms with Crippen LogP contribution in [0, 0.1) is 0 Å². The van der Waals surface area contributed by atoms with E-state index in [4.69, 9.17) is 0 Å². The molecule has 0 aliphatic rings. The first-order chi connectivity index (χ1) is 29.2. The third kappa shape index (κ3) is 9.56. The first kappa shape index (κ1) is 44.1. The lowest BCUT2D eigenvalue weighted by atomic mass is 9.85. The van der Waals surface area contributed by atoms with Crippen molar-refractivity contribution in [3.05, 3.63) is 192 Å². The Bertz CT molecular complexity index is 2270. The third-order valence-electron chi connectivity index (χ3n) is 12.1. The molecular weight excluding hydrogens is 749 g/mol. The van der Waals surface area contributed by atoms with Crippen LogP contribution in [0.1, 0.15) is 105 Å². The number of hydrogen-bond donors (Lipinski definition) is 0. The third-order valence-corrected chi connectivity index (χ3v) is 12.1. The zero-order valence-corrected chi connectivity index (χ0v) is 39.5. The second-order valence-corrected chi connectivity index (χ2v) is 21.0. The van der Waals surface area contributed by atoms with Crippen LogP contribution >= 0.6 is 0 Å². The molecule has 4 heteroatoms. The van der Waals surface area contributed by atoms with Gasteiger partial charge in [-0.25, -0.2) is 0 Å². The average molecular weight is 816 g/mol. The Morgan fingerprint density at radius 2 is 0.500 bits per heavy atom. The van der Waals surface area contributed by atoms with Crippen molar-refractivity contribution in [3.63, 3.8) is 0 Å². The van der Waals surface area contributed by atoms with Crippen molar-refractivity contribution in [1.82, 2.24) is 0 Å². The van der Waals surface area contributed by atoms with Crippen molar-refractivity contribution in [2.75, 3.05) is 14.7 Å². The van der Waals surface area contributed by atoms with Gasteiger partial charge < -0.3 is 14.7 Å². The van der Waals surface area contributed by atoms with Crippen LogP contribution in [-0.2, 0) is 21.7 Å². The van der Waals surface area contributed by atoms with Gasteiger partial charge in [-0.05, 0) is 134 Å². The summed E-state index contributed by atoms with van der Waals surface area (Å²) in [4.78, 5) is 7.30. The molecule has 0 aromatic heterocycles. The first-order valence-corrected chi connectivity index (χ1v) is 22.3. The SMILES string of the molecule is Bc1c(N(c2ccc(C(C)(C)C)cc2)c2ccc(C(C)(C)C)cc2)cc(N(c2ccccc2)c2ccccc2)cc1N(c1ccc(C(C)(C)C)cc1)c1ccc(C(C)(C)C)cc1. The fourth-order valence-electron chi connectivity index (χ4n) is 8.16. The summed E-state index contributed by atoms with van der Waals surface area (Å²) >= 11 is 0. The Labute approximate surface area is 374 Å². The minimum Gasteiger partial charge on any atom is -0.311 e. The number of para-hydroxylation sites is 2. The molecule has 0 spiro atoms. The molecule has 0 saturated heterocycles. The molecule has 0 fully saturated rings. The summed E-state index contributed by atoms with van der Waals surface area (Å²) in [5, 5.41) is 0. The van der Waals surface area contributed by atoms with Crippen LogP contribution in [-0.4, -0.2) is 7.85 Å². The van der Waals surface area contributed by atoms with Crippen molar-refractivity contribution in [1.29, 1.82) is 0 Å². The molecule has 0 aliphatic heterocycles. The lowest BCUT2D eigenvalue weighted by molar-refractivity contribution is 0.590. The number of benzene rings is 7. The van der Waals surface area contributed by atoms with Gasteiger partial charge in [-0.2, -0.15) is 0 Å². The maximum absolute atomic E-state index is 2.46. The predicted octanol–water partition coefficient (Wildman–Crippen LogP) is 15.5. The molecular formula is C58H66BN3. The Hall–Kier alpha value is -6.00. The molecule has 3 nitrogen and oxygen atoms in total. The smallest absolute Gasteiger partial charge is 0.144 e. The zero-order valence-electron chi connectivity index (χ0n) is 39.5. The summed E-state index contributed by atoms with van der Waals surface area (Å²) in [6.45, 7) is 27.4. The van der Waals surface area contributed by atoms with Crippen molar-refractivity contribution in [3.8, 4) is 0 Å². The summed E-state index contributed by atoms with van der Waals surface area (Å²) in [6.07, 6.45) is 0. The summed E-state index contributed by atoms with van der Waals surface area (Å²) in [5.41, 5.74) is 16.3. The second kappa shape index (κ2) is 17.0. The quantitative estimate of drug-likeness (QED) is 0.134. The maximum atomic E-state index is 2.46.